The van der Waals surface area contributed by atoms with Crippen molar-refractivity contribution in [2.75, 3.05) is 0 Å². The smallest absolute Gasteiger partial charge is 0.348 e. The summed E-state index contributed by atoms with van der Waals surface area (Å²) in [5, 5.41) is 0. The third-order valence-electron chi connectivity index (χ3n) is 3.73. The molecular weight excluding hydrogens is 358 g/mol. The Hall–Kier alpha value is -3.22. The third-order valence-corrected chi connectivity index (χ3v) is 3.73. The van der Waals surface area contributed by atoms with E-state index in [1.807, 2.05) is 0 Å². The number of hydrogen-bond donors (Lipinski definition) is 0. The molecule has 1 heterocycles. The quantitative estimate of drug-likeness (QED) is 0.463. The zero-order valence-electron chi connectivity index (χ0n) is 14.6. The Kier molecular flexibility index (Phi) is 4.94. The summed E-state index contributed by atoms with van der Waals surface area (Å²) in [5.74, 6) is -4.01. The fourth-order valence-corrected chi connectivity index (χ4v) is 2.46. The van der Waals surface area contributed by atoms with Crippen molar-refractivity contribution in [2.24, 2.45) is 0 Å². The summed E-state index contributed by atoms with van der Waals surface area (Å²) in [5.41, 5.74) is 0.0136. The lowest BCUT2D eigenvalue weighted by Gasteiger charge is -2.29. The highest BCUT2D eigenvalue weighted by Crippen LogP contribution is 2.25. The molecule has 0 aromatic heterocycles. The van der Waals surface area contributed by atoms with Gasteiger partial charge in [0.2, 0.25) is 0 Å². The second kappa shape index (κ2) is 7.19. The van der Waals surface area contributed by atoms with Crippen molar-refractivity contribution in [3.05, 3.63) is 70.8 Å². The average molecular weight is 374 g/mol. The summed E-state index contributed by atoms with van der Waals surface area (Å²) in [7, 11) is 0. The summed E-state index contributed by atoms with van der Waals surface area (Å²) in [6, 6.07) is 9.90. The standard InChI is InChI=1S/C20H16F2O5/c1-20(2)26-18(23)14(19(24)27-20)10-12-5-3-6-13(9-12)25-11-15-16(21)7-4-8-17(15)22/h3-10H,11H2,1-2H3. The van der Waals surface area contributed by atoms with Gasteiger partial charge in [-0.3, -0.25) is 0 Å². The molecule has 0 aliphatic carbocycles. The number of halogens is 2. The molecule has 0 N–H and O–H groups in total. The van der Waals surface area contributed by atoms with Crippen molar-refractivity contribution in [3.8, 4) is 5.75 Å². The van der Waals surface area contributed by atoms with Crippen LogP contribution in [0.15, 0.2) is 48.0 Å². The molecule has 0 atom stereocenters. The zero-order chi connectivity index (χ0) is 19.6. The number of rotatable bonds is 4. The first-order valence-electron chi connectivity index (χ1n) is 8.09. The molecule has 0 saturated carbocycles. The fourth-order valence-electron chi connectivity index (χ4n) is 2.46. The predicted molar refractivity (Wildman–Crippen MR) is 91.4 cm³/mol. The van der Waals surface area contributed by atoms with E-state index in [1.54, 1.807) is 18.2 Å². The molecule has 1 aliphatic heterocycles. The molecule has 1 saturated heterocycles. The SMILES string of the molecule is CC1(C)OC(=O)C(=Cc2cccc(OCc3c(F)cccc3F)c2)C(=O)O1. The summed E-state index contributed by atoms with van der Waals surface area (Å²) >= 11 is 0. The number of ether oxygens (including phenoxy) is 3. The Bertz CT molecular complexity index is 891. The summed E-state index contributed by atoms with van der Waals surface area (Å²) in [6.45, 7) is 2.60. The fraction of sp³-hybridized carbons (Fsp3) is 0.200. The predicted octanol–water partition coefficient (Wildman–Crippen LogP) is 3.76. The van der Waals surface area contributed by atoms with Gasteiger partial charge in [-0.25, -0.2) is 18.4 Å². The first-order chi connectivity index (χ1) is 12.7. The van der Waals surface area contributed by atoms with E-state index in [0.717, 1.165) is 12.1 Å². The summed E-state index contributed by atoms with van der Waals surface area (Å²) in [4.78, 5) is 24.0. The first kappa shape index (κ1) is 18.6. The van der Waals surface area contributed by atoms with E-state index in [1.165, 1.54) is 32.1 Å². The van der Waals surface area contributed by atoms with E-state index in [4.69, 9.17) is 14.2 Å². The Labute approximate surface area is 154 Å². The second-order valence-corrected chi connectivity index (χ2v) is 6.30. The van der Waals surface area contributed by atoms with Gasteiger partial charge in [0.25, 0.3) is 5.79 Å². The normalized spacial score (nSPS) is 15.8. The van der Waals surface area contributed by atoms with Crippen LogP contribution in [0.4, 0.5) is 8.78 Å². The third kappa shape index (κ3) is 4.31. The van der Waals surface area contributed by atoms with Crippen LogP contribution in [-0.2, 0) is 25.7 Å². The van der Waals surface area contributed by atoms with Crippen LogP contribution < -0.4 is 4.74 Å². The lowest BCUT2D eigenvalue weighted by Crippen LogP contribution is -2.41. The van der Waals surface area contributed by atoms with Crippen LogP contribution in [0.3, 0.4) is 0 Å². The minimum Gasteiger partial charge on any atom is -0.489 e. The van der Waals surface area contributed by atoms with Gasteiger partial charge in [0.05, 0.1) is 5.56 Å². The van der Waals surface area contributed by atoms with E-state index in [-0.39, 0.29) is 17.7 Å². The van der Waals surface area contributed by atoms with Gasteiger partial charge >= 0.3 is 11.9 Å². The molecule has 1 fully saturated rings. The lowest BCUT2D eigenvalue weighted by molar-refractivity contribution is -0.222. The monoisotopic (exact) mass is 374 g/mol. The molecule has 2 aromatic carbocycles. The van der Waals surface area contributed by atoms with Gasteiger partial charge in [-0.1, -0.05) is 18.2 Å². The first-order valence-corrected chi connectivity index (χ1v) is 8.09. The van der Waals surface area contributed by atoms with Gasteiger partial charge in [0.15, 0.2) is 0 Å². The van der Waals surface area contributed by atoms with Gasteiger partial charge in [-0.15, -0.1) is 0 Å². The second-order valence-electron chi connectivity index (χ2n) is 6.30. The number of carbonyl (C=O) groups excluding carboxylic acids is 2. The minimum atomic E-state index is -1.32. The van der Waals surface area contributed by atoms with E-state index in [0.29, 0.717) is 11.3 Å². The Morgan fingerprint density at radius 3 is 2.22 bits per heavy atom. The van der Waals surface area contributed by atoms with Gasteiger partial charge in [0, 0.05) is 13.8 Å². The topological polar surface area (TPSA) is 61.8 Å². The highest BCUT2D eigenvalue weighted by Gasteiger charge is 2.38. The van der Waals surface area contributed by atoms with Gasteiger partial charge < -0.3 is 14.2 Å². The van der Waals surface area contributed by atoms with Gasteiger partial charge in [-0.05, 0) is 35.9 Å². The summed E-state index contributed by atoms with van der Waals surface area (Å²) in [6.07, 6.45) is 1.30. The Morgan fingerprint density at radius 2 is 1.59 bits per heavy atom. The minimum absolute atomic E-state index is 0.192. The Morgan fingerprint density at radius 1 is 1.00 bits per heavy atom. The molecular formula is C20H16F2O5. The molecule has 0 unspecified atom stereocenters. The number of cyclic esters (lactones) is 2. The van der Waals surface area contributed by atoms with Crippen molar-refractivity contribution in [1.29, 1.82) is 0 Å². The van der Waals surface area contributed by atoms with Crippen molar-refractivity contribution in [3.63, 3.8) is 0 Å². The van der Waals surface area contributed by atoms with E-state index in [9.17, 15) is 18.4 Å². The average Bonchev–Trinajstić information content (AvgIpc) is 2.57. The Balaban J connectivity index is 1.78. The highest BCUT2D eigenvalue weighted by molar-refractivity contribution is 6.18. The van der Waals surface area contributed by atoms with Crippen molar-refractivity contribution in [2.45, 2.75) is 26.2 Å². The van der Waals surface area contributed by atoms with Crippen LogP contribution in [0.25, 0.3) is 6.08 Å². The molecule has 27 heavy (non-hydrogen) atoms. The molecule has 0 amide bonds. The van der Waals surface area contributed by atoms with Crippen molar-refractivity contribution in [1.82, 2.24) is 0 Å². The van der Waals surface area contributed by atoms with Crippen LogP contribution in [0, 0.1) is 11.6 Å². The molecule has 0 spiro atoms. The molecule has 0 bridgehead atoms. The highest BCUT2D eigenvalue weighted by atomic mass is 19.1. The molecule has 2 aromatic rings. The number of esters is 2. The van der Waals surface area contributed by atoms with E-state index in [2.05, 4.69) is 0 Å². The molecule has 0 radical (unpaired) electrons. The maximum Gasteiger partial charge on any atom is 0.348 e. The molecule has 1 aliphatic rings. The van der Waals surface area contributed by atoms with Crippen LogP contribution in [0.5, 0.6) is 5.75 Å². The van der Waals surface area contributed by atoms with Crippen LogP contribution >= 0.6 is 0 Å². The number of carbonyl (C=O) groups is 2. The van der Waals surface area contributed by atoms with Gasteiger partial charge in [-0.2, -0.15) is 0 Å². The molecule has 7 heteroatoms. The maximum absolute atomic E-state index is 13.7. The van der Waals surface area contributed by atoms with Crippen LogP contribution in [0.2, 0.25) is 0 Å². The van der Waals surface area contributed by atoms with Gasteiger partial charge in [0.1, 0.15) is 29.6 Å². The van der Waals surface area contributed by atoms with Crippen LogP contribution in [0.1, 0.15) is 25.0 Å². The van der Waals surface area contributed by atoms with Crippen LogP contribution in [-0.4, -0.2) is 17.7 Å². The zero-order valence-corrected chi connectivity index (χ0v) is 14.6. The maximum atomic E-state index is 13.7. The molecule has 5 nitrogen and oxygen atoms in total. The largest absolute Gasteiger partial charge is 0.489 e. The summed E-state index contributed by atoms with van der Waals surface area (Å²) < 4.78 is 42.8. The van der Waals surface area contributed by atoms with E-state index >= 15 is 0 Å². The van der Waals surface area contributed by atoms with Crippen molar-refractivity contribution >= 4 is 18.0 Å². The van der Waals surface area contributed by atoms with E-state index < -0.39 is 29.4 Å². The number of benzene rings is 2. The molecule has 140 valence electrons. The van der Waals surface area contributed by atoms with Crippen molar-refractivity contribution < 1.29 is 32.6 Å². The number of hydrogen-bond acceptors (Lipinski definition) is 5. The lowest BCUT2D eigenvalue weighted by atomic mass is 10.1. The molecule has 3 rings (SSSR count).